The molecule has 0 saturated carbocycles. The van der Waals surface area contributed by atoms with E-state index in [0.717, 1.165) is 12.4 Å². The molecule has 0 bridgehead atoms. The van der Waals surface area contributed by atoms with E-state index < -0.39 is 0 Å². The summed E-state index contributed by atoms with van der Waals surface area (Å²) in [5, 5.41) is 7.82. The average Bonchev–Trinajstić information content (AvgIpc) is 2.83. The molecule has 0 aliphatic carbocycles. The van der Waals surface area contributed by atoms with Gasteiger partial charge in [-0.05, 0) is 16.5 Å². The van der Waals surface area contributed by atoms with Crippen LogP contribution in [0.3, 0.4) is 0 Å². The average molecular weight is 286 g/mol. The number of hydrogen-bond acceptors (Lipinski definition) is 3. The number of hydrogen-bond donors (Lipinski definition) is 1. The van der Waals surface area contributed by atoms with E-state index in [9.17, 15) is 0 Å². The van der Waals surface area contributed by atoms with Gasteiger partial charge in [0, 0.05) is 6.04 Å². The number of nitrogens with one attached hydrogen (secondary N) is 1. The van der Waals surface area contributed by atoms with Crippen molar-refractivity contribution < 1.29 is 0 Å². The molecule has 1 aromatic carbocycles. The molecule has 21 heavy (non-hydrogen) atoms. The van der Waals surface area contributed by atoms with Crippen LogP contribution < -0.4 is 5.32 Å². The first-order chi connectivity index (χ1) is 9.84. The maximum atomic E-state index is 4.49. The summed E-state index contributed by atoms with van der Waals surface area (Å²) in [5.41, 5.74) is 2.80. The Hall–Kier alpha value is -1.68. The second kappa shape index (κ2) is 6.39. The zero-order chi connectivity index (χ0) is 15.5. The Bertz CT molecular complexity index is 561. The van der Waals surface area contributed by atoms with Crippen molar-refractivity contribution >= 4 is 0 Å². The summed E-state index contributed by atoms with van der Waals surface area (Å²) in [6.45, 7) is 12.4. The molecule has 4 heteroatoms. The fourth-order valence-corrected chi connectivity index (χ4v) is 2.08. The predicted molar refractivity (Wildman–Crippen MR) is 86.2 cm³/mol. The Morgan fingerprint density at radius 3 is 2.38 bits per heavy atom. The van der Waals surface area contributed by atoms with E-state index in [0.29, 0.717) is 12.6 Å². The molecule has 1 N–H and O–H groups in total. The first-order valence-electron chi connectivity index (χ1n) is 7.56. The van der Waals surface area contributed by atoms with E-state index in [-0.39, 0.29) is 5.41 Å². The SMILES string of the molecule is CC(C)NCc1ncn(Cc2ccc(C(C)(C)C)cc2)n1. The molecule has 0 radical (unpaired) electrons. The van der Waals surface area contributed by atoms with Crippen molar-refractivity contribution in [1.29, 1.82) is 0 Å². The van der Waals surface area contributed by atoms with E-state index in [1.54, 1.807) is 6.33 Å². The van der Waals surface area contributed by atoms with Crippen LogP contribution in [-0.4, -0.2) is 20.8 Å². The molecule has 0 atom stereocenters. The lowest BCUT2D eigenvalue weighted by atomic mass is 9.87. The Labute approximate surface area is 127 Å². The van der Waals surface area contributed by atoms with Gasteiger partial charge in [-0.25, -0.2) is 9.67 Å². The van der Waals surface area contributed by atoms with Gasteiger partial charge in [-0.2, -0.15) is 5.10 Å². The number of aromatic nitrogens is 3. The Morgan fingerprint density at radius 2 is 1.81 bits per heavy atom. The third-order valence-corrected chi connectivity index (χ3v) is 3.42. The van der Waals surface area contributed by atoms with Crippen molar-refractivity contribution in [3.8, 4) is 0 Å². The zero-order valence-electron chi connectivity index (χ0n) is 13.7. The summed E-state index contributed by atoms with van der Waals surface area (Å²) < 4.78 is 1.89. The van der Waals surface area contributed by atoms with Crippen molar-refractivity contribution in [1.82, 2.24) is 20.1 Å². The van der Waals surface area contributed by atoms with Gasteiger partial charge >= 0.3 is 0 Å². The highest BCUT2D eigenvalue weighted by molar-refractivity contribution is 5.27. The third-order valence-electron chi connectivity index (χ3n) is 3.42. The number of benzene rings is 1. The molecule has 4 nitrogen and oxygen atoms in total. The molecule has 0 fully saturated rings. The molecule has 0 unspecified atom stereocenters. The van der Waals surface area contributed by atoms with Gasteiger partial charge in [-0.15, -0.1) is 0 Å². The fraction of sp³-hybridized carbons (Fsp3) is 0.529. The van der Waals surface area contributed by atoms with Crippen LogP contribution >= 0.6 is 0 Å². The second-order valence-corrected chi connectivity index (χ2v) is 6.84. The zero-order valence-corrected chi connectivity index (χ0v) is 13.7. The van der Waals surface area contributed by atoms with Crippen LogP contribution in [0.4, 0.5) is 0 Å². The molecule has 0 aliphatic rings. The minimum Gasteiger partial charge on any atom is -0.308 e. The van der Waals surface area contributed by atoms with E-state index in [2.05, 4.69) is 74.3 Å². The van der Waals surface area contributed by atoms with Crippen LogP contribution in [0, 0.1) is 0 Å². The molecule has 0 saturated heterocycles. The normalized spacial score (nSPS) is 12.1. The third kappa shape index (κ3) is 4.67. The van der Waals surface area contributed by atoms with Gasteiger partial charge in [0.25, 0.3) is 0 Å². The van der Waals surface area contributed by atoms with Crippen LogP contribution in [0.5, 0.6) is 0 Å². The van der Waals surface area contributed by atoms with Gasteiger partial charge in [0.1, 0.15) is 6.33 Å². The van der Waals surface area contributed by atoms with Gasteiger partial charge in [-0.1, -0.05) is 58.9 Å². The lowest BCUT2D eigenvalue weighted by Crippen LogP contribution is -2.22. The minimum absolute atomic E-state index is 0.196. The Kier molecular flexibility index (Phi) is 4.78. The Morgan fingerprint density at radius 1 is 1.14 bits per heavy atom. The van der Waals surface area contributed by atoms with Crippen LogP contribution in [0.2, 0.25) is 0 Å². The van der Waals surface area contributed by atoms with Crippen molar-refractivity contribution in [3.63, 3.8) is 0 Å². The van der Waals surface area contributed by atoms with E-state index in [4.69, 9.17) is 0 Å². The summed E-state index contributed by atoms with van der Waals surface area (Å²) in [6.07, 6.45) is 1.80. The summed E-state index contributed by atoms with van der Waals surface area (Å²) >= 11 is 0. The Balaban J connectivity index is 1.98. The maximum Gasteiger partial charge on any atom is 0.164 e. The first kappa shape index (κ1) is 15.7. The number of rotatable bonds is 5. The van der Waals surface area contributed by atoms with Gasteiger partial charge in [0.05, 0.1) is 13.1 Å². The highest BCUT2D eigenvalue weighted by Crippen LogP contribution is 2.22. The molecule has 2 aromatic rings. The first-order valence-corrected chi connectivity index (χ1v) is 7.56. The molecule has 1 heterocycles. The number of nitrogens with zero attached hydrogens (tertiary/aromatic N) is 3. The van der Waals surface area contributed by atoms with E-state index >= 15 is 0 Å². The van der Waals surface area contributed by atoms with Crippen molar-refractivity contribution in [3.05, 3.63) is 47.5 Å². The largest absolute Gasteiger partial charge is 0.308 e. The predicted octanol–water partition coefficient (Wildman–Crippen LogP) is 3.12. The molecule has 114 valence electrons. The van der Waals surface area contributed by atoms with Crippen LogP contribution in [-0.2, 0) is 18.5 Å². The topological polar surface area (TPSA) is 42.7 Å². The van der Waals surface area contributed by atoms with E-state index in [1.807, 2.05) is 4.68 Å². The van der Waals surface area contributed by atoms with Crippen LogP contribution in [0.1, 0.15) is 51.6 Å². The van der Waals surface area contributed by atoms with Crippen LogP contribution in [0.15, 0.2) is 30.6 Å². The van der Waals surface area contributed by atoms with Gasteiger partial charge < -0.3 is 5.32 Å². The summed E-state index contributed by atoms with van der Waals surface area (Å²) in [4.78, 5) is 4.33. The second-order valence-electron chi connectivity index (χ2n) is 6.84. The van der Waals surface area contributed by atoms with Crippen molar-refractivity contribution in [2.24, 2.45) is 0 Å². The molecule has 0 spiro atoms. The highest BCUT2D eigenvalue weighted by Gasteiger charge is 2.12. The van der Waals surface area contributed by atoms with Gasteiger partial charge in [0.15, 0.2) is 5.82 Å². The lowest BCUT2D eigenvalue weighted by molar-refractivity contribution is 0.565. The summed E-state index contributed by atoms with van der Waals surface area (Å²) in [6, 6.07) is 9.20. The minimum atomic E-state index is 0.196. The van der Waals surface area contributed by atoms with Gasteiger partial charge in [-0.3, -0.25) is 0 Å². The maximum absolute atomic E-state index is 4.49. The van der Waals surface area contributed by atoms with Crippen molar-refractivity contribution in [2.75, 3.05) is 0 Å². The fourth-order valence-electron chi connectivity index (χ4n) is 2.08. The molecule has 2 rings (SSSR count). The molecular formula is C17H26N4. The molecule has 0 amide bonds. The van der Waals surface area contributed by atoms with E-state index in [1.165, 1.54) is 11.1 Å². The van der Waals surface area contributed by atoms with Crippen molar-refractivity contribution in [2.45, 2.75) is 59.2 Å². The molecule has 1 aromatic heterocycles. The monoisotopic (exact) mass is 286 g/mol. The highest BCUT2D eigenvalue weighted by atomic mass is 15.3. The molecule has 0 aliphatic heterocycles. The van der Waals surface area contributed by atoms with Gasteiger partial charge in [0.2, 0.25) is 0 Å². The quantitative estimate of drug-likeness (QED) is 0.918. The summed E-state index contributed by atoms with van der Waals surface area (Å²) in [5.74, 6) is 0.843. The standard InChI is InChI=1S/C17H26N4/c1-13(2)18-10-16-19-12-21(20-16)11-14-6-8-15(9-7-14)17(3,4)5/h6-9,12-13,18H,10-11H2,1-5H3. The summed E-state index contributed by atoms with van der Waals surface area (Å²) in [7, 11) is 0. The lowest BCUT2D eigenvalue weighted by Gasteiger charge is -2.19. The molecular weight excluding hydrogens is 260 g/mol. The smallest absolute Gasteiger partial charge is 0.164 e. The van der Waals surface area contributed by atoms with Crippen LogP contribution in [0.25, 0.3) is 0 Å².